The van der Waals surface area contributed by atoms with E-state index in [0.29, 0.717) is 11.3 Å². The van der Waals surface area contributed by atoms with Crippen LogP contribution in [0.4, 0.5) is 10.1 Å². The first-order valence-corrected chi connectivity index (χ1v) is 13.7. The van der Waals surface area contributed by atoms with Crippen molar-refractivity contribution in [3.05, 3.63) is 65.6 Å². The van der Waals surface area contributed by atoms with Gasteiger partial charge >= 0.3 is 0 Å². The molecule has 0 spiro atoms. The van der Waals surface area contributed by atoms with E-state index in [1.807, 2.05) is 19.2 Å². The second-order valence-electron chi connectivity index (χ2n) is 8.45. The van der Waals surface area contributed by atoms with Gasteiger partial charge in [-0.25, -0.2) is 22.8 Å². The molecule has 3 heterocycles. The van der Waals surface area contributed by atoms with Gasteiger partial charge in [0.1, 0.15) is 31.8 Å². The Hall–Kier alpha value is -3.12. The van der Waals surface area contributed by atoms with E-state index in [1.165, 1.54) is 24.5 Å². The summed E-state index contributed by atoms with van der Waals surface area (Å²) < 4.78 is 53.1. The molecule has 0 amide bonds. The third-order valence-electron chi connectivity index (χ3n) is 6.04. The third-order valence-corrected chi connectivity index (χ3v) is 8.44. The van der Waals surface area contributed by atoms with Crippen molar-refractivity contribution in [2.45, 2.75) is 18.4 Å². The average Bonchev–Trinajstić information content (AvgIpc) is 3.29. The van der Waals surface area contributed by atoms with E-state index >= 15 is 0 Å². The summed E-state index contributed by atoms with van der Waals surface area (Å²) in [5, 5.41) is 0.739. The minimum Gasteiger partial charge on any atom is -0.495 e. The maximum atomic E-state index is 13.8. The topological polar surface area (TPSA) is 93.7 Å². The number of nitrogens with one attached hydrogen (secondary N) is 1. The third kappa shape index (κ3) is 5.05. The molecule has 4 aromatic rings. The number of fused-ring (bicyclic) bond motifs is 1. The first-order valence-electron chi connectivity index (χ1n) is 11.4. The Kier molecular flexibility index (Phi) is 6.89. The van der Waals surface area contributed by atoms with Crippen LogP contribution in [0.25, 0.3) is 20.9 Å². The van der Waals surface area contributed by atoms with Crippen molar-refractivity contribution in [3.8, 4) is 16.3 Å². The van der Waals surface area contributed by atoms with Crippen LogP contribution in [-0.4, -0.2) is 56.7 Å². The molecule has 1 N–H and O–H groups in total. The number of halogens is 1. The Labute approximate surface area is 212 Å². The summed E-state index contributed by atoms with van der Waals surface area (Å²) >= 11 is 1.45. The highest BCUT2D eigenvalue weighted by Crippen LogP contribution is 2.35. The molecule has 0 aliphatic carbocycles. The minimum atomic E-state index is -4.10. The number of hydrogen-bond donors (Lipinski definition) is 1. The maximum absolute atomic E-state index is 13.8. The molecule has 1 saturated heterocycles. The van der Waals surface area contributed by atoms with Gasteiger partial charge in [-0.15, -0.1) is 0 Å². The molecule has 0 radical (unpaired) electrons. The predicted molar refractivity (Wildman–Crippen MR) is 137 cm³/mol. The summed E-state index contributed by atoms with van der Waals surface area (Å²) in [6, 6.07) is 10.7. The molecule has 1 aliphatic rings. The van der Waals surface area contributed by atoms with Crippen molar-refractivity contribution in [1.82, 2.24) is 14.9 Å². The van der Waals surface area contributed by atoms with Crippen LogP contribution >= 0.6 is 11.3 Å². The van der Waals surface area contributed by atoms with Gasteiger partial charge in [-0.05, 0) is 48.4 Å². The number of sulfonamides is 1. The van der Waals surface area contributed by atoms with Gasteiger partial charge in [-0.3, -0.25) is 9.62 Å². The van der Waals surface area contributed by atoms with Crippen molar-refractivity contribution in [2.24, 2.45) is 0 Å². The zero-order valence-corrected chi connectivity index (χ0v) is 21.5. The number of rotatable bonds is 7. The first-order chi connectivity index (χ1) is 17.3. The molecule has 188 valence electrons. The van der Waals surface area contributed by atoms with Gasteiger partial charge in [0.05, 0.1) is 26.0 Å². The lowest BCUT2D eigenvalue weighted by atomic mass is 10.1. The molecule has 0 unspecified atom stereocenters. The van der Waals surface area contributed by atoms with E-state index in [4.69, 9.17) is 14.5 Å². The first kappa shape index (κ1) is 24.6. The lowest BCUT2D eigenvalue weighted by Gasteiger charge is -2.26. The Morgan fingerprint density at radius 2 is 2.00 bits per heavy atom. The number of pyridine rings is 1. The molecule has 8 nitrogen and oxygen atoms in total. The molecule has 1 fully saturated rings. The number of ether oxygens (including phenoxy) is 2. The Balaban J connectivity index is 1.44. The van der Waals surface area contributed by atoms with Crippen LogP contribution in [0, 0.1) is 12.7 Å². The zero-order chi connectivity index (χ0) is 25.3. The fourth-order valence-electron chi connectivity index (χ4n) is 4.12. The van der Waals surface area contributed by atoms with Gasteiger partial charge in [0.2, 0.25) is 0 Å². The number of anilines is 1. The summed E-state index contributed by atoms with van der Waals surface area (Å²) in [6.07, 6.45) is 1.88. The zero-order valence-electron chi connectivity index (χ0n) is 19.8. The van der Waals surface area contributed by atoms with E-state index < -0.39 is 15.8 Å². The fourth-order valence-corrected chi connectivity index (χ4v) is 6.40. The monoisotopic (exact) mass is 528 g/mol. The van der Waals surface area contributed by atoms with E-state index in [9.17, 15) is 12.8 Å². The normalized spacial score (nSPS) is 14.8. The van der Waals surface area contributed by atoms with Gasteiger partial charge in [-0.1, -0.05) is 23.5 Å². The smallest absolute Gasteiger partial charge is 0.265 e. The number of methoxy groups -OCH3 is 1. The number of hydrogen-bond acceptors (Lipinski definition) is 8. The number of aromatic nitrogens is 2. The standard InChI is InChI=1S/C25H25FN4O4S2/c1-16-19(4-3-5-20(16)29-36(31,32)23-13-18(26)6-7-22(23)33-2)24-28-21-12-17(14-27-25(21)35-24)15-30-8-10-34-11-9-30/h3-7,12-14,29H,8-11,15H2,1-2H3. The quantitative estimate of drug-likeness (QED) is 0.379. The van der Waals surface area contributed by atoms with Crippen molar-refractivity contribution >= 4 is 37.4 Å². The molecule has 36 heavy (non-hydrogen) atoms. The van der Waals surface area contributed by atoms with Crippen LogP contribution in [0.2, 0.25) is 0 Å². The van der Waals surface area contributed by atoms with E-state index in [1.54, 1.807) is 12.1 Å². The van der Waals surface area contributed by atoms with Crippen LogP contribution in [0.15, 0.2) is 53.6 Å². The van der Waals surface area contributed by atoms with Gasteiger partial charge < -0.3 is 9.47 Å². The average molecular weight is 529 g/mol. The molecule has 2 aromatic heterocycles. The van der Waals surface area contributed by atoms with Gasteiger partial charge in [0.25, 0.3) is 10.0 Å². The van der Waals surface area contributed by atoms with Crippen LogP contribution < -0.4 is 9.46 Å². The molecule has 11 heteroatoms. The summed E-state index contributed by atoms with van der Waals surface area (Å²) in [5.41, 5.74) is 3.75. The fraction of sp³-hybridized carbons (Fsp3) is 0.280. The largest absolute Gasteiger partial charge is 0.495 e. The second kappa shape index (κ2) is 10.1. The van der Waals surface area contributed by atoms with Crippen LogP contribution in [-0.2, 0) is 21.3 Å². The Bertz CT molecular complexity index is 1520. The molecule has 5 rings (SSSR count). The number of nitrogens with zero attached hydrogens (tertiary/aromatic N) is 3. The van der Waals surface area contributed by atoms with Crippen molar-refractivity contribution < 1.29 is 22.3 Å². The Morgan fingerprint density at radius 3 is 2.78 bits per heavy atom. The lowest BCUT2D eigenvalue weighted by Crippen LogP contribution is -2.35. The molecule has 1 aliphatic heterocycles. The summed E-state index contributed by atoms with van der Waals surface area (Å²) in [6.45, 7) is 5.87. The molecular weight excluding hydrogens is 503 g/mol. The van der Waals surface area contributed by atoms with Gasteiger partial charge in [-0.2, -0.15) is 0 Å². The van der Waals surface area contributed by atoms with E-state index in [2.05, 4.69) is 20.7 Å². The van der Waals surface area contributed by atoms with Gasteiger partial charge in [0, 0.05) is 31.4 Å². The van der Waals surface area contributed by atoms with Crippen molar-refractivity contribution in [2.75, 3.05) is 38.1 Å². The van der Waals surface area contributed by atoms with Crippen LogP contribution in [0.5, 0.6) is 5.75 Å². The van der Waals surface area contributed by atoms with E-state index in [0.717, 1.165) is 71.5 Å². The highest BCUT2D eigenvalue weighted by molar-refractivity contribution is 7.92. The molecule has 0 atom stereocenters. The number of thiazole rings is 1. The number of morpholine rings is 1. The molecule has 2 aromatic carbocycles. The highest BCUT2D eigenvalue weighted by Gasteiger charge is 2.22. The summed E-state index contributed by atoms with van der Waals surface area (Å²) in [7, 11) is -2.76. The van der Waals surface area contributed by atoms with Gasteiger partial charge in [0.15, 0.2) is 0 Å². The highest BCUT2D eigenvalue weighted by atomic mass is 32.2. The van der Waals surface area contributed by atoms with Crippen LogP contribution in [0.3, 0.4) is 0 Å². The molecular formula is C25H25FN4O4S2. The predicted octanol–water partition coefficient (Wildman–Crippen LogP) is 4.45. The van der Waals surface area contributed by atoms with Crippen LogP contribution in [0.1, 0.15) is 11.1 Å². The maximum Gasteiger partial charge on any atom is 0.265 e. The second-order valence-corrected chi connectivity index (χ2v) is 11.1. The molecule has 0 saturated carbocycles. The lowest BCUT2D eigenvalue weighted by molar-refractivity contribution is 0.0341. The summed E-state index contributed by atoms with van der Waals surface area (Å²) in [4.78, 5) is 12.3. The van der Waals surface area contributed by atoms with E-state index in [-0.39, 0.29) is 10.6 Å². The van der Waals surface area contributed by atoms with Crippen molar-refractivity contribution in [3.63, 3.8) is 0 Å². The minimum absolute atomic E-state index is 0.0582. The SMILES string of the molecule is COc1ccc(F)cc1S(=O)(=O)Nc1cccc(-c2nc3cc(CN4CCOCC4)cnc3s2)c1C. The number of benzene rings is 2. The van der Waals surface area contributed by atoms with Crippen molar-refractivity contribution in [1.29, 1.82) is 0 Å². The summed E-state index contributed by atoms with van der Waals surface area (Å²) in [5.74, 6) is -0.612. The molecule has 0 bridgehead atoms. The Morgan fingerprint density at radius 1 is 1.19 bits per heavy atom.